The van der Waals surface area contributed by atoms with E-state index in [9.17, 15) is 14.0 Å². The van der Waals surface area contributed by atoms with Gasteiger partial charge >= 0.3 is 0 Å². The molecule has 2 aromatic carbocycles. The van der Waals surface area contributed by atoms with Crippen LogP contribution in [-0.4, -0.2) is 31.9 Å². The molecule has 1 amide bonds. The third kappa shape index (κ3) is 3.59. The molecule has 0 unspecified atom stereocenters. The predicted octanol–water partition coefficient (Wildman–Crippen LogP) is 2.87. The number of H-pyrrole nitrogens is 1. The topological polar surface area (TPSA) is 92.7 Å². The van der Waals surface area contributed by atoms with Gasteiger partial charge < -0.3 is 5.32 Å². The normalized spacial score (nSPS) is 13.5. The number of aromatic amines is 1. The average molecular weight is 403 g/mol. The third-order valence-corrected chi connectivity index (χ3v) is 5.15. The SMILES string of the molecule is O=C(NC1CC1)c1cc(F)cc(Cn2ncc3ccc(-c4cn[nH]c4)cc3c2=O)c1. The van der Waals surface area contributed by atoms with E-state index in [1.807, 2.05) is 12.1 Å². The number of halogens is 1. The summed E-state index contributed by atoms with van der Waals surface area (Å²) in [7, 11) is 0. The number of hydrogen-bond acceptors (Lipinski definition) is 4. The predicted molar refractivity (Wildman–Crippen MR) is 110 cm³/mol. The van der Waals surface area contributed by atoms with Gasteiger partial charge in [0, 0.05) is 28.8 Å². The summed E-state index contributed by atoms with van der Waals surface area (Å²) in [5.74, 6) is -0.827. The minimum Gasteiger partial charge on any atom is -0.349 e. The quantitative estimate of drug-likeness (QED) is 0.536. The molecule has 150 valence electrons. The molecule has 8 heteroatoms. The Morgan fingerprint density at radius 3 is 2.80 bits per heavy atom. The van der Waals surface area contributed by atoms with Gasteiger partial charge in [-0.25, -0.2) is 9.07 Å². The van der Waals surface area contributed by atoms with Gasteiger partial charge in [0.1, 0.15) is 5.82 Å². The summed E-state index contributed by atoms with van der Waals surface area (Å²) in [5, 5.41) is 15.0. The molecule has 30 heavy (non-hydrogen) atoms. The van der Waals surface area contributed by atoms with Crippen molar-refractivity contribution in [2.24, 2.45) is 0 Å². The Morgan fingerprint density at radius 1 is 1.17 bits per heavy atom. The van der Waals surface area contributed by atoms with E-state index in [-0.39, 0.29) is 29.6 Å². The molecule has 1 aliphatic carbocycles. The van der Waals surface area contributed by atoms with Crippen molar-refractivity contribution in [1.82, 2.24) is 25.3 Å². The fraction of sp³-hybridized carbons (Fsp3) is 0.182. The summed E-state index contributed by atoms with van der Waals surface area (Å²) in [5.41, 5.74) is 2.18. The van der Waals surface area contributed by atoms with Crippen molar-refractivity contribution in [2.45, 2.75) is 25.4 Å². The van der Waals surface area contributed by atoms with Gasteiger partial charge in [-0.2, -0.15) is 10.2 Å². The van der Waals surface area contributed by atoms with Crippen molar-refractivity contribution in [3.05, 3.63) is 82.3 Å². The highest BCUT2D eigenvalue weighted by molar-refractivity contribution is 5.94. The largest absolute Gasteiger partial charge is 0.349 e. The first-order chi connectivity index (χ1) is 14.6. The van der Waals surface area contributed by atoms with Crippen LogP contribution in [0.15, 0.2) is 59.8 Å². The summed E-state index contributed by atoms with van der Waals surface area (Å²) < 4.78 is 15.4. The van der Waals surface area contributed by atoms with Crippen LogP contribution in [0, 0.1) is 5.82 Å². The lowest BCUT2D eigenvalue weighted by Crippen LogP contribution is -2.26. The molecule has 7 nitrogen and oxygen atoms in total. The van der Waals surface area contributed by atoms with Crippen LogP contribution < -0.4 is 10.9 Å². The monoisotopic (exact) mass is 403 g/mol. The van der Waals surface area contributed by atoms with Gasteiger partial charge in [0.05, 0.1) is 24.3 Å². The van der Waals surface area contributed by atoms with E-state index in [1.165, 1.54) is 16.8 Å². The first-order valence-corrected chi connectivity index (χ1v) is 9.66. The number of amides is 1. The van der Waals surface area contributed by atoms with E-state index in [2.05, 4.69) is 20.6 Å². The smallest absolute Gasteiger partial charge is 0.274 e. The van der Waals surface area contributed by atoms with E-state index in [4.69, 9.17) is 0 Å². The molecule has 5 rings (SSSR count). The number of nitrogens with one attached hydrogen (secondary N) is 2. The van der Waals surface area contributed by atoms with Gasteiger partial charge in [-0.05, 0) is 48.2 Å². The summed E-state index contributed by atoms with van der Waals surface area (Å²) >= 11 is 0. The Morgan fingerprint density at radius 2 is 2.03 bits per heavy atom. The number of fused-ring (bicyclic) bond motifs is 1. The van der Waals surface area contributed by atoms with Crippen molar-refractivity contribution in [1.29, 1.82) is 0 Å². The Bertz CT molecular complexity index is 1310. The van der Waals surface area contributed by atoms with Crippen molar-refractivity contribution >= 4 is 16.7 Å². The maximum atomic E-state index is 14.1. The van der Waals surface area contributed by atoms with Crippen LogP contribution in [0.2, 0.25) is 0 Å². The van der Waals surface area contributed by atoms with Gasteiger partial charge in [-0.3, -0.25) is 14.7 Å². The van der Waals surface area contributed by atoms with E-state index < -0.39 is 5.82 Å². The lowest BCUT2D eigenvalue weighted by atomic mass is 10.1. The third-order valence-electron chi connectivity index (χ3n) is 5.15. The molecule has 1 aliphatic rings. The zero-order chi connectivity index (χ0) is 20.7. The van der Waals surface area contributed by atoms with Crippen molar-refractivity contribution < 1.29 is 9.18 Å². The summed E-state index contributed by atoms with van der Waals surface area (Å²) in [6, 6.07) is 9.82. The molecule has 2 heterocycles. The van der Waals surface area contributed by atoms with E-state index in [0.717, 1.165) is 24.0 Å². The fourth-order valence-corrected chi connectivity index (χ4v) is 3.42. The van der Waals surface area contributed by atoms with E-state index in [0.29, 0.717) is 16.3 Å². The molecular formula is C22H18FN5O2. The molecule has 4 aromatic rings. The molecule has 0 aliphatic heterocycles. The number of carbonyl (C=O) groups is 1. The molecule has 2 aromatic heterocycles. The number of nitrogens with zero attached hydrogens (tertiary/aromatic N) is 3. The first-order valence-electron chi connectivity index (χ1n) is 9.66. The molecule has 0 saturated heterocycles. The zero-order valence-electron chi connectivity index (χ0n) is 15.9. The molecular weight excluding hydrogens is 385 g/mol. The van der Waals surface area contributed by atoms with Gasteiger partial charge in [0.2, 0.25) is 0 Å². The second-order valence-corrected chi connectivity index (χ2v) is 7.49. The number of aromatic nitrogens is 4. The highest BCUT2D eigenvalue weighted by Gasteiger charge is 2.24. The first kappa shape index (κ1) is 18.2. The Balaban J connectivity index is 1.49. The van der Waals surface area contributed by atoms with Crippen LogP contribution in [0.25, 0.3) is 21.9 Å². The van der Waals surface area contributed by atoms with Crippen molar-refractivity contribution in [3.63, 3.8) is 0 Å². The lowest BCUT2D eigenvalue weighted by Gasteiger charge is -2.09. The van der Waals surface area contributed by atoms with E-state index in [1.54, 1.807) is 30.7 Å². The molecule has 2 N–H and O–H groups in total. The Hall–Kier alpha value is -3.81. The van der Waals surface area contributed by atoms with Crippen LogP contribution >= 0.6 is 0 Å². The minimum absolute atomic E-state index is 0.0617. The van der Waals surface area contributed by atoms with Crippen molar-refractivity contribution in [3.8, 4) is 11.1 Å². The lowest BCUT2D eigenvalue weighted by molar-refractivity contribution is 0.0950. The van der Waals surface area contributed by atoms with Gasteiger partial charge in [0.25, 0.3) is 11.5 Å². The maximum absolute atomic E-state index is 14.1. The highest BCUT2D eigenvalue weighted by atomic mass is 19.1. The summed E-state index contributed by atoms with van der Waals surface area (Å²) in [6.07, 6.45) is 6.94. The second kappa shape index (κ2) is 7.22. The van der Waals surface area contributed by atoms with Crippen LogP contribution in [-0.2, 0) is 6.54 Å². The molecule has 0 radical (unpaired) electrons. The zero-order valence-corrected chi connectivity index (χ0v) is 15.9. The van der Waals surface area contributed by atoms with Crippen LogP contribution in [0.3, 0.4) is 0 Å². The standard InChI is InChI=1S/C22H18FN5O2/c23-18-6-13(5-16(7-18)21(29)27-19-3-4-19)12-28-22(30)20-8-14(17-9-24-25-10-17)1-2-15(20)11-26-28/h1-2,5-11,19H,3-4,12H2,(H,24,25)(H,27,29). The number of hydrogen-bond donors (Lipinski definition) is 2. The number of carbonyl (C=O) groups excluding carboxylic acids is 1. The van der Waals surface area contributed by atoms with Crippen molar-refractivity contribution in [2.75, 3.05) is 0 Å². The van der Waals surface area contributed by atoms with Gasteiger partial charge in [-0.15, -0.1) is 0 Å². The van der Waals surface area contributed by atoms with Crippen LogP contribution in [0.5, 0.6) is 0 Å². The van der Waals surface area contributed by atoms with E-state index >= 15 is 0 Å². The average Bonchev–Trinajstić information content (AvgIpc) is 3.37. The van der Waals surface area contributed by atoms with Crippen LogP contribution in [0.4, 0.5) is 4.39 Å². The molecule has 0 spiro atoms. The second-order valence-electron chi connectivity index (χ2n) is 7.49. The van der Waals surface area contributed by atoms with Gasteiger partial charge in [-0.1, -0.05) is 12.1 Å². The molecule has 1 fully saturated rings. The van der Waals surface area contributed by atoms with Gasteiger partial charge in [0.15, 0.2) is 0 Å². The number of benzene rings is 2. The number of rotatable bonds is 5. The fourth-order valence-electron chi connectivity index (χ4n) is 3.42. The minimum atomic E-state index is -0.524. The van der Waals surface area contributed by atoms with Crippen LogP contribution in [0.1, 0.15) is 28.8 Å². The summed E-state index contributed by atoms with van der Waals surface area (Å²) in [4.78, 5) is 25.3. The Kier molecular flexibility index (Phi) is 4.39. The maximum Gasteiger partial charge on any atom is 0.274 e. The summed E-state index contributed by atoms with van der Waals surface area (Å²) in [6.45, 7) is 0.0617. The highest BCUT2D eigenvalue weighted by Crippen LogP contribution is 2.22. The molecule has 1 saturated carbocycles. The Labute approximate surface area is 170 Å². The molecule has 0 atom stereocenters. The molecule has 0 bridgehead atoms.